The van der Waals surface area contributed by atoms with Gasteiger partial charge in [0, 0.05) is 12.6 Å². The molecule has 0 heterocycles. The third kappa shape index (κ3) is 5.29. The molecule has 2 nitrogen and oxygen atoms in total. The molecule has 1 aliphatic rings. The highest BCUT2D eigenvalue weighted by Gasteiger charge is 2.10. The maximum Gasteiger partial charge on any atom is 0.0444 e. The van der Waals surface area contributed by atoms with Crippen LogP contribution >= 0.6 is 0 Å². The first kappa shape index (κ1) is 16.3. The highest BCUT2D eigenvalue weighted by atomic mass is 14.9. The van der Waals surface area contributed by atoms with Crippen molar-refractivity contribution in [3.63, 3.8) is 0 Å². The molecule has 1 aromatic carbocycles. The van der Waals surface area contributed by atoms with Gasteiger partial charge in [-0.25, -0.2) is 0 Å². The largest absolute Gasteiger partial charge is 0.329 e. The third-order valence-corrected chi connectivity index (χ3v) is 4.23. The summed E-state index contributed by atoms with van der Waals surface area (Å²) in [6.07, 6.45) is 8.62. The van der Waals surface area contributed by atoms with Gasteiger partial charge in [0.15, 0.2) is 0 Å². The Morgan fingerprint density at radius 1 is 1.19 bits per heavy atom. The van der Waals surface area contributed by atoms with Crippen molar-refractivity contribution in [2.75, 3.05) is 13.1 Å². The summed E-state index contributed by atoms with van der Waals surface area (Å²) in [6, 6.07) is 9.24. The Morgan fingerprint density at radius 2 is 1.95 bits per heavy atom. The summed E-state index contributed by atoms with van der Waals surface area (Å²) in [6.45, 7) is 6.20. The molecule has 0 radical (unpaired) electrons. The van der Waals surface area contributed by atoms with Crippen LogP contribution in [0.25, 0.3) is 0 Å². The Kier molecular flexibility index (Phi) is 6.47. The molecule has 0 fully saturated rings. The Hall–Kier alpha value is -1.12. The summed E-state index contributed by atoms with van der Waals surface area (Å²) in [5, 5.41) is 3.61. The summed E-state index contributed by atoms with van der Waals surface area (Å²) in [4.78, 5) is 0. The lowest BCUT2D eigenvalue weighted by Crippen LogP contribution is -2.29. The van der Waals surface area contributed by atoms with Crippen LogP contribution in [-0.2, 0) is 6.42 Å². The highest BCUT2D eigenvalue weighted by molar-refractivity contribution is 5.25. The molecule has 0 bridgehead atoms. The predicted octanol–water partition coefficient (Wildman–Crippen LogP) is 3.97. The van der Waals surface area contributed by atoms with Gasteiger partial charge in [-0.05, 0) is 55.7 Å². The van der Waals surface area contributed by atoms with Crippen molar-refractivity contribution in [3.8, 4) is 0 Å². The fourth-order valence-electron chi connectivity index (χ4n) is 3.07. The first-order valence-electron chi connectivity index (χ1n) is 8.39. The van der Waals surface area contributed by atoms with Gasteiger partial charge >= 0.3 is 0 Å². The molecule has 116 valence electrons. The van der Waals surface area contributed by atoms with Crippen molar-refractivity contribution in [1.29, 1.82) is 0 Å². The zero-order valence-electron chi connectivity index (χ0n) is 13.6. The minimum absolute atomic E-state index is 0.278. The zero-order valence-corrected chi connectivity index (χ0v) is 13.6. The van der Waals surface area contributed by atoms with Crippen molar-refractivity contribution in [1.82, 2.24) is 5.32 Å². The molecule has 0 saturated carbocycles. The quantitative estimate of drug-likeness (QED) is 0.710. The average molecular weight is 286 g/mol. The molecule has 1 atom stereocenters. The van der Waals surface area contributed by atoms with Crippen LogP contribution in [0, 0.1) is 5.92 Å². The van der Waals surface area contributed by atoms with Crippen LogP contribution in [0.5, 0.6) is 0 Å². The number of rotatable bonds is 8. The van der Waals surface area contributed by atoms with Crippen molar-refractivity contribution < 1.29 is 0 Å². The Morgan fingerprint density at radius 3 is 2.52 bits per heavy atom. The van der Waals surface area contributed by atoms with Crippen LogP contribution in [0.3, 0.4) is 0 Å². The summed E-state index contributed by atoms with van der Waals surface area (Å²) >= 11 is 0. The molecule has 2 rings (SSSR count). The van der Waals surface area contributed by atoms with Gasteiger partial charge in [-0.3, -0.25) is 0 Å². The number of benzene rings is 1. The molecule has 3 N–H and O–H groups in total. The van der Waals surface area contributed by atoms with E-state index in [9.17, 15) is 0 Å². The Balaban J connectivity index is 1.84. The summed E-state index contributed by atoms with van der Waals surface area (Å²) < 4.78 is 0. The van der Waals surface area contributed by atoms with Crippen LogP contribution in [0.15, 0.2) is 35.9 Å². The lowest BCUT2D eigenvalue weighted by Gasteiger charge is -2.18. The van der Waals surface area contributed by atoms with Crippen LogP contribution in [0.2, 0.25) is 0 Å². The van der Waals surface area contributed by atoms with Crippen LogP contribution in [0.4, 0.5) is 0 Å². The van der Waals surface area contributed by atoms with Crippen molar-refractivity contribution in [2.24, 2.45) is 11.7 Å². The van der Waals surface area contributed by atoms with Crippen LogP contribution < -0.4 is 11.1 Å². The van der Waals surface area contributed by atoms with Gasteiger partial charge in [0.25, 0.3) is 0 Å². The number of hydrogen-bond donors (Lipinski definition) is 2. The second kappa shape index (κ2) is 8.35. The predicted molar refractivity (Wildman–Crippen MR) is 91.3 cm³/mol. The molecule has 0 saturated heterocycles. The fourth-order valence-corrected chi connectivity index (χ4v) is 3.07. The maximum atomic E-state index is 5.94. The van der Waals surface area contributed by atoms with E-state index in [4.69, 9.17) is 5.73 Å². The van der Waals surface area contributed by atoms with E-state index in [1.54, 1.807) is 5.57 Å². The lowest BCUT2D eigenvalue weighted by atomic mass is 9.99. The van der Waals surface area contributed by atoms with Gasteiger partial charge in [-0.15, -0.1) is 0 Å². The van der Waals surface area contributed by atoms with Crippen LogP contribution in [-0.4, -0.2) is 13.1 Å². The molecular weight excluding hydrogens is 256 g/mol. The second-order valence-corrected chi connectivity index (χ2v) is 6.59. The lowest BCUT2D eigenvalue weighted by molar-refractivity contribution is 0.542. The van der Waals surface area contributed by atoms with E-state index in [2.05, 4.69) is 49.5 Å². The Labute approximate surface area is 129 Å². The monoisotopic (exact) mass is 286 g/mol. The summed E-state index contributed by atoms with van der Waals surface area (Å²) in [7, 11) is 0. The van der Waals surface area contributed by atoms with Gasteiger partial charge in [0.1, 0.15) is 0 Å². The highest BCUT2D eigenvalue weighted by Crippen LogP contribution is 2.20. The van der Waals surface area contributed by atoms with E-state index in [0.717, 1.165) is 13.0 Å². The van der Waals surface area contributed by atoms with E-state index in [1.807, 2.05) is 0 Å². The number of nitrogens with two attached hydrogens (primary N) is 1. The first-order chi connectivity index (χ1) is 10.2. The zero-order chi connectivity index (χ0) is 15.1. The van der Waals surface area contributed by atoms with Gasteiger partial charge < -0.3 is 11.1 Å². The molecule has 1 aliphatic carbocycles. The standard InChI is InChI=1S/C19H30N2/c1-15(2)13-17-7-9-18(10-8-17)19(14-20)21-12-11-16-5-3-4-6-16/h5,7-10,15,19,21H,3-4,6,11-14,20H2,1-2H3. The molecule has 0 aliphatic heterocycles. The van der Waals surface area contributed by atoms with Gasteiger partial charge in [-0.2, -0.15) is 0 Å². The summed E-state index contributed by atoms with van der Waals surface area (Å²) in [5.41, 5.74) is 10.3. The van der Waals surface area contributed by atoms with Crippen molar-refractivity contribution >= 4 is 0 Å². The molecule has 1 aromatic rings. The number of hydrogen-bond acceptors (Lipinski definition) is 2. The van der Waals surface area contributed by atoms with E-state index in [0.29, 0.717) is 12.5 Å². The van der Waals surface area contributed by atoms with Crippen molar-refractivity contribution in [3.05, 3.63) is 47.0 Å². The van der Waals surface area contributed by atoms with Gasteiger partial charge in [0.2, 0.25) is 0 Å². The van der Waals surface area contributed by atoms with E-state index in [-0.39, 0.29) is 6.04 Å². The average Bonchev–Trinajstić information content (AvgIpc) is 2.97. The third-order valence-electron chi connectivity index (χ3n) is 4.23. The smallest absolute Gasteiger partial charge is 0.0444 e. The Bertz CT molecular complexity index is 445. The minimum Gasteiger partial charge on any atom is -0.329 e. The topological polar surface area (TPSA) is 38.0 Å². The first-order valence-corrected chi connectivity index (χ1v) is 8.39. The van der Waals surface area contributed by atoms with E-state index in [1.165, 1.54) is 36.8 Å². The molecule has 0 spiro atoms. The summed E-state index contributed by atoms with van der Waals surface area (Å²) in [5.74, 6) is 0.707. The second-order valence-electron chi connectivity index (χ2n) is 6.59. The minimum atomic E-state index is 0.278. The van der Waals surface area contributed by atoms with Gasteiger partial charge in [-0.1, -0.05) is 49.8 Å². The molecular formula is C19H30N2. The number of nitrogens with one attached hydrogen (secondary N) is 1. The van der Waals surface area contributed by atoms with Crippen molar-refractivity contribution in [2.45, 2.75) is 52.0 Å². The fraction of sp³-hybridized carbons (Fsp3) is 0.579. The maximum absolute atomic E-state index is 5.94. The number of allylic oxidation sites excluding steroid dienone is 1. The molecule has 2 heteroatoms. The molecule has 1 unspecified atom stereocenters. The SMILES string of the molecule is CC(C)Cc1ccc(C(CN)NCCC2=CCCC2)cc1. The van der Waals surface area contributed by atoms with Gasteiger partial charge in [0.05, 0.1) is 0 Å². The molecule has 21 heavy (non-hydrogen) atoms. The molecule has 0 amide bonds. The van der Waals surface area contributed by atoms with E-state index < -0.39 is 0 Å². The normalized spacial score (nSPS) is 16.3. The molecule has 0 aromatic heterocycles. The van der Waals surface area contributed by atoms with E-state index >= 15 is 0 Å². The van der Waals surface area contributed by atoms with Crippen LogP contribution in [0.1, 0.15) is 56.7 Å².